The van der Waals surface area contributed by atoms with E-state index in [0.29, 0.717) is 5.56 Å². The maximum absolute atomic E-state index is 12.8. The number of carbonyl (C=O) groups excluding carboxylic acids is 1. The Morgan fingerprint density at radius 2 is 1.71 bits per heavy atom. The zero-order valence-electron chi connectivity index (χ0n) is 16.1. The fourth-order valence-corrected chi connectivity index (χ4v) is 3.06. The van der Waals surface area contributed by atoms with E-state index < -0.39 is 48.9 Å². The molecule has 10 nitrogen and oxygen atoms in total. The van der Waals surface area contributed by atoms with Crippen LogP contribution < -0.4 is 4.74 Å². The van der Waals surface area contributed by atoms with Gasteiger partial charge in [-0.3, -0.25) is 4.79 Å². The highest BCUT2D eigenvalue weighted by Gasteiger charge is 2.45. The first kappa shape index (κ1) is 22.5. The molecule has 1 saturated heterocycles. The van der Waals surface area contributed by atoms with E-state index in [4.69, 9.17) is 9.47 Å². The number of aromatic hydroxyl groups is 2. The lowest BCUT2D eigenvalue weighted by atomic mass is 9.99. The third kappa shape index (κ3) is 4.95. The van der Waals surface area contributed by atoms with E-state index in [-0.39, 0.29) is 22.8 Å². The SMILES string of the molecule is O=C(/C(O)=C\c1cccc(O)c1)c1ccc(O)cc1O[C@@H]1O[C@H](CO)[C@@H](O)[C@H](O)[C@H]1O. The molecule has 0 radical (unpaired) electrons. The van der Waals surface area contributed by atoms with Crippen LogP contribution in [0.2, 0.25) is 0 Å². The number of carbonyl (C=O) groups is 1. The number of benzene rings is 2. The average Bonchev–Trinajstić information content (AvgIpc) is 2.73. The number of allylic oxidation sites excluding steroid dienone is 1. The summed E-state index contributed by atoms with van der Waals surface area (Å²) in [5.41, 5.74) is 0.143. The van der Waals surface area contributed by atoms with Crippen molar-refractivity contribution in [1.29, 1.82) is 0 Å². The zero-order chi connectivity index (χ0) is 22.7. The first-order valence-corrected chi connectivity index (χ1v) is 9.26. The van der Waals surface area contributed by atoms with Crippen LogP contribution in [0.4, 0.5) is 0 Å². The van der Waals surface area contributed by atoms with Gasteiger partial charge in [-0.2, -0.15) is 0 Å². The van der Waals surface area contributed by atoms with Crippen LogP contribution in [0, 0.1) is 0 Å². The van der Waals surface area contributed by atoms with Gasteiger partial charge in [0.2, 0.25) is 12.1 Å². The minimum absolute atomic E-state index is 0.0646. The number of aliphatic hydroxyl groups excluding tert-OH is 5. The van der Waals surface area contributed by atoms with Crippen molar-refractivity contribution in [2.45, 2.75) is 30.7 Å². The second-order valence-corrected chi connectivity index (χ2v) is 6.95. The van der Waals surface area contributed by atoms with Gasteiger partial charge in [0.25, 0.3) is 0 Å². The van der Waals surface area contributed by atoms with Crippen LogP contribution in [0.15, 0.2) is 48.2 Å². The molecule has 0 bridgehead atoms. The van der Waals surface area contributed by atoms with Crippen molar-refractivity contribution >= 4 is 11.9 Å². The van der Waals surface area contributed by atoms with Crippen molar-refractivity contribution in [3.63, 3.8) is 0 Å². The molecule has 1 fully saturated rings. The molecule has 10 heteroatoms. The Kier molecular flexibility index (Phi) is 6.78. The molecule has 0 aliphatic carbocycles. The monoisotopic (exact) mass is 434 g/mol. The van der Waals surface area contributed by atoms with Gasteiger partial charge in [0.1, 0.15) is 41.7 Å². The number of ketones is 1. The van der Waals surface area contributed by atoms with Gasteiger partial charge >= 0.3 is 0 Å². The Morgan fingerprint density at radius 3 is 2.39 bits per heavy atom. The molecule has 2 aromatic carbocycles. The Labute approximate surface area is 176 Å². The highest BCUT2D eigenvalue weighted by atomic mass is 16.7. The van der Waals surface area contributed by atoms with E-state index in [1.54, 1.807) is 6.07 Å². The fourth-order valence-electron chi connectivity index (χ4n) is 3.06. The van der Waals surface area contributed by atoms with Gasteiger partial charge in [-0.25, -0.2) is 0 Å². The van der Waals surface area contributed by atoms with Crippen molar-refractivity contribution in [1.82, 2.24) is 0 Å². The fraction of sp³-hybridized carbons (Fsp3) is 0.286. The summed E-state index contributed by atoms with van der Waals surface area (Å²) >= 11 is 0. The molecule has 0 unspecified atom stereocenters. The number of aliphatic hydroxyl groups is 5. The zero-order valence-corrected chi connectivity index (χ0v) is 16.1. The Balaban J connectivity index is 1.89. The number of Topliss-reactive ketones (excluding diaryl/α,β-unsaturated/α-hetero) is 1. The first-order chi connectivity index (χ1) is 14.7. The van der Waals surface area contributed by atoms with Crippen molar-refractivity contribution in [2.75, 3.05) is 6.61 Å². The van der Waals surface area contributed by atoms with E-state index in [2.05, 4.69) is 0 Å². The summed E-state index contributed by atoms with van der Waals surface area (Å²) in [6.45, 7) is -0.677. The molecular weight excluding hydrogens is 412 g/mol. The highest BCUT2D eigenvalue weighted by Crippen LogP contribution is 2.30. The predicted molar refractivity (Wildman–Crippen MR) is 106 cm³/mol. The molecule has 31 heavy (non-hydrogen) atoms. The summed E-state index contributed by atoms with van der Waals surface area (Å²) < 4.78 is 10.7. The Bertz CT molecular complexity index is 970. The molecule has 166 valence electrons. The van der Waals surface area contributed by atoms with Gasteiger partial charge in [-0.15, -0.1) is 0 Å². The van der Waals surface area contributed by atoms with Gasteiger partial charge in [0.15, 0.2) is 5.76 Å². The second-order valence-electron chi connectivity index (χ2n) is 6.95. The largest absolute Gasteiger partial charge is 0.508 e. The standard InChI is InChI=1S/C21H22O10/c22-9-16-18(27)19(28)20(29)21(31-16)30-15-8-12(24)4-5-13(15)17(26)14(25)7-10-2-1-3-11(23)6-10/h1-8,16,18-25,27-29H,9H2/b14-7+/t16-,18-,19+,20-,21-/m1/s1. The van der Waals surface area contributed by atoms with E-state index in [1.807, 2.05) is 0 Å². The lowest BCUT2D eigenvalue weighted by Crippen LogP contribution is -2.60. The van der Waals surface area contributed by atoms with Gasteiger partial charge in [-0.05, 0) is 35.9 Å². The summed E-state index contributed by atoms with van der Waals surface area (Å²) in [5.74, 6) is -2.25. The van der Waals surface area contributed by atoms with Crippen LogP contribution in [-0.4, -0.2) is 78.8 Å². The lowest BCUT2D eigenvalue weighted by molar-refractivity contribution is -0.277. The lowest BCUT2D eigenvalue weighted by Gasteiger charge is -2.39. The minimum atomic E-state index is -1.74. The number of rotatable bonds is 6. The van der Waals surface area contributed by atoms with E-state index in [0.717, 1.165) is 12.1 Å². The number of ether oxygens (including phenoxy) is 2. The quantitative estimate of drug-likeness (QED) is 0.187. The number of hydrogen-bond donors (Lipinski definition) is 7. The van der Waals surface area contributed by atoms with Crippen LogP contribution in [-0.2, 0) is 4.74 Å². The molecule has 2 aromatic rings. The molecule has 0 saturated carbocycles. The summed E-state index contributed by atoms with van der Waals surface area (Å²) in [5, 5.41) is 68.7. The van der Waals surface area contributed by atoms with Gasteiger partial charge in [0.05, 0.1) is 12.2 Å². The van der Waals surface area contributed by atoms with Crippen molar-refractivity contribution < 1.29 is 50.0 Å². The maximum Gasteiger partial charge on any atom is 0.231 e. The van der Waals surface area contributed by atoms with Gasteiger partial charge in [0, 0.05) is 6.07 Å². The molecule has 7 N–H and O–H groups in total. The summed E-state index contributed by atoms with van der Waals surface area (Å²) in [6.07, 6.45) is -6.75. The van der Waals surface area contributed by atoms with Crippen LogP contribution in [0.25, 0.3) is 6.08 Å². The molecule has 0 spiro atoms. The highest BCUT2D eigenvalue weighted by molar-refractivity contribution is 6.11. The van der Waals surface area contributed by atoms with Crippen LogP contribution >= 0.6 is 0 Å². The molecule has 0 amide bonds. The van der Waals surface area contributed by atoms with E-state index in [1.165, 1.54) is 30.3 Å². The summed E-state index contributed by atoms with van der Waals surface area (Å²) in [7, 11) is 0. The van der Waals surface area contributed by atoms with Crippen molar-refractivity contribution in [3.05, 3.63) is 59.4 Å². The van der Waals surface area contributed by atoms with Crippen molar-refractivity contribution in [3.8, 4) is 17.2 Å². The number of hydrogen-bond acceptors (Lipinski definition) is 10. The molecule has 0 aromatic heterocycles. The normalized spacial score (nSPS) is 26.5. The van der Waals surface area contributed by atoms with Crippen LogP contribution in [0.3, 0.4) is 0 Å². The summed E-state index contributed by atoms with van der Waals surface area (Å²) in [4.78, 5) is 12.8. The predicted octanol–water partition coefficient (Wildman–Crippen LogP) is 0.0583. The molecule has 5 atom stereocenters. The van der Waals surface area contributed by atoms with E-state index >= 15 is 0 Å². The molecule has 1 aliphatic heterocycles. The number of phenols is 2. The Morgan fingerprint density at radius 1 is 1.00 bits per heavy atom. The Hall–Kier alpha value is -3.15. The van der Waals surface area contributed by atoms with Gasteiger partial charge < -0.3 is 45.2 Å². The van der Waals surface area contributed by atoms with Crippen LogP contribution in [0.1, 0.15) is 15.9 Å². The second kappa shape index (κ2) is 9.33. The van der Waals surface area contributed by atoms with Crippen molar-refractivity contribution in [2.24, 2.45) is 0 Å². The third-order valence-corrected chi connectivity index (χ3v) is 4.71. The number of phenolic OH excluding ortho intramolecular Hbond substituents is 2. The molecule has 1 heterocycles. The van der Waals surface area contributed by atoms with Gasteiger partial charge in [-0.1, -0.05) is 12.1 Å². The topological polar surface area (TPSA) is 177 Å². The average molecular weight is 434 g/mol. The first-order valence-electron chi connectivity index (χ1n) is 9.26. The maximum atomic E-state index is 12.8. The third-order valence-electron chi connectivity index (χ3n) is 4.71. The van der Waals surface area contributed by atoms with E-state index in [9.17, 15) is 40.5 Å². The smallest absolute Gasteiger partial charge is 0.231 e. The molecule has 3 rings (SSSR count). The molecule has 1 aliphatic rings. The minimum Gasteiger partial charge on any atom is -0.508 e. The van der Waals surface area contributed by atoms with Crippen LogP contribution in [0.5, 0.6) is 17.2 Å². The molecular formula is C21H22O10. The summed E-state index contributed by atoms with van der Waals surface area (Å²) in [6, 6.07) is 9.20.